The van der Waals surface area contributed by atoms with Crippen molar-refractivity contribution in [3.63, 3.8) is 0 Å². The molecule has 19 heavy (non-hydrogen) atoms. The van der Waals surface area contributed by atoms with Crippen LogP contribution in [0.3, 0.4) is 0 Å². The molecule has 1 aromatic rings. The Morgan fingerprint density at radius 2 is 1.95 bits per heavy atom. The Balaban J connectivity index is 0.000000555. The molecule has 0 saturated carbocycles. The molecular weight excluding hydrogens is 300 g/mol. The summed E-state index contributed by atoms with van der Waals surface area (Å²) in [4.78, 5) is 20.9. The quantitative estimate of drug-likeness (QED) is 0.371. The van der Waals surface area contributed by atoms with Crippen LogP contribution in [0.5, 0.6) is 0 Å². The highest BCUT2D eigenvalue weighted by Gasteiger charge is 2.15. The van der Waals surface area contributed by atoms with Gasteiger partial charge in [-0.3, -0.25) is 19.5 Å². The summed E-state index contributed by atoms with van der Waals surface area (Å²) < 4.78 is 25.2. The highest BCUT2D eigenvalue weighted by Crippen LogP contribution is 2.27. The number of nitro groups is 1. The van der Waals surface area contributed by atoms with Crippen LogP contribution in [-0.2, 0) is 14.1 Å². The molecule has 2 N–H and O–H groups in total. The zero-order chi connectivity index (χ0) is 15.2. The predicted octanol–water partition coefficient (Wildman–Crippen LogP) is 1.89. The van der Waals surface area contributed by atoms with E-state index in [1.165, 1.54) is 13.0 Å². The molecule has 0 fully saturated rings. The fourth-order valence-corrected chi connectivity index (χ4v) is 1.14. The number of anilines is 1. The first-order valence-corrected chi connectivity index (χ1v) is 6.97. The van der Waals surface area contributed by atoms with Gasteiger partial charge in [-0.1, -0.05) is 12.1 Å². The Morgan fingerprint density at radius 1 is 1.47 bits per heavy atom. The number of rotatable bonds is 2. The molecule has 0 radical (unpaired) electrons. The summed E-state index contributed by atoms with van der Waals surface area (Å²) in [6, 6.07) is 4.65. The van der Waals surface area contributed by atoms with Gasteiger partial charge in [-0.05, 0) is 12.5 Å². The summed E-state index contributed by atoms with van der Waals surface area (Å²) in [7, 11) is -0.137. The van der Waals surface area contributed by atoms with E-state index in [1.54, 1.807) is 19.1 Å². The van der Waals surface area contributed by atoms with E-state index in [4.69, 9.17) is 13.0 Å². The number of carbonyl (C=O) groups excluding carboxylic acids is 1. The van der Waals surface area contributed by atoms with Crippen molar-refractivity contribution in [1.82, 2.24) is 0 Å². The maximum Gasteiger partial charge on any atom is 0.353 e. The normalized spacial score (nSPS) is 10.1. The summed E-state index contributed by atoms with van der Waals surface area (Å²) in [6.45, 7) is 3.02. The van der Waals surface area contributed by atoms with Crippen molar-refractivity contribution in [2.75, 3.05) is 5.32 Å². The minimum Gasteiger partial charge on any atom is -0.320 e. The molecule has 1 amide bonds. The second-order valence-corrected chi connectivity index (χ2v) is 5.31. The van der Waals surface area contributed by atoms with Crippen molar-refractivity contribution in [3.8, 4) is 0 Å². The molecule has 0 saturated heterocycles. The van der Waals surface area contributed by atoms with Gasteiger partial charge >= 0.3 is 9.33 Å². The average molecular weight is 311 g/mol. The summed E-state index contributed by atoms with van der Waals surface area (Å²) in [5, 5.41) is 13.1. The zero-order valence-electron chi connectivity index (χ0n) is 9.95. The third kappa shape index (κ3) is 8.08. The number of amides is 1. The van der Waals surface area contributed by atoms with Gasteiger partial charge in [0.15, 0.2) is 0 Å². The van der Waals surface area contributed by atoms with E-state index in [0.717, 1.165) is 0 Å². The summed E-state index contributed by atoms with van der Waals surface area (Å²) >= 11 is 0. The van der Waals surface area contributed by atoms with Crippen molar-refractivity contribution in [3.05, 3.63) is 33.9 Å². The molecule has 8 nitrogen and oxygen atoms in total. The molecule has 0 aromatic heterocycles. The summed E-state index contributed by atoms with van der Waals surface area (Å²) in [5.74, 6) is -0.317. The van der Waals surface area contributed by atoms with Crippen LogP contribution in [0.1, 0.15) is 12.5 Å². The van der Waals surface area contributed by atoms with Gasteiger partial charge in [0.1, 0.15) is 5.69 Å². The standard InChI is InChI=1S/C9H10N2O3.ClHO3S/c1-6-4-3-5-8(11(13)14)9(6)10-7(2)12;1-5(2,3)4/h3-5H,1-2H3,(H,10,12);(H,2,3,4). The van der Waals surface area contributed by atoms with Gasteiger partial charge in [0.2, 0.25) is 5.91 Å². The number of nitrogens with zero attached hydrogens (tertiary/aromatic N) is 1. The fraction of sp³-hybridized carbons (Fsp3) is 0.222. The van der Waals surface area contributed by atoms with E-state index in [0.29, 0.717) is 5.56 Å². The molecule has 106 valence electrons. The topological polar surface area (TPSA) is 127 Å². The third-order valence-corrected chi connectivity index (χ3v) is 1.75. The lowest BCUT2D eigenvalue weighted by molar-refractivity contribution is -0.384. The van der Waals surface area contributed by atoms with E-state index in [1.807, 2.05) is 0 Å². The second kappa shape index (κ2) is 7.02. The van der Waals surface area contributed by atoms with Crippen molar-refractivity contribution in [1.29, 1.82) is 0 Å². The van der Waals surface area contributed by atoms with Gasteiger partial charge in [-0.25, -0.2) is 0 Å². The van der Waals surface area contributed by atoms with Crippen LogP contribution in [0.2, 0.25) is 0 Å². The van der Waals surface area contributed by atoms with E-state index in [-0.39, 0.29) is 17.3 Å². The molecule has 1 rings (SSSR count). The van der Waals surface area contributed by atoms with Gasteiger partial charge in [0.25, 0.3) is 5.69 Å². The van der Waals surface area contributed by atoms with Crippen LogP contribution in [0.15, 0.2) is 18.2 Å². The van der Waals surface area contributed by atoms with E-state index < -0.39 is 14.3 Å². The number of halogens is 1. The van der Waals surface area contributed by atoms with Crippen molar-refractivity contribution in [2.45, 2.75) is 13.8 Å². The number of nitrogens with one attached hydrogen (secondary N) is 1. The maximum absolute atomic E-state index is 10.8. The lowest BCUT2D eigenvalue weighted by Gasteiger charge is -2.05. The summed E-state index contributed by atoms with van der Waals surface area (Å²) in [5.41, 5.74) is 0.861. The van der Waals surface area contributed by atoms with E-state index >= 15 is 0 Å². The highest BCUT2D eigenvalue weighted by atomic mass is 35.7. The molecule has 0 atom stereocenters. The number of carbonyl (C=O) groups is 1. The number of aryl methyl sites for hydroxylation is 1. The van der Waals surface area contributed by atoms with Crippen LogP contribution in [0, 0.1) is 17.0 Å². The molecule has 0 heterocycles. The minimum atomic E-state index is -4.19. The second-order valence-electron chi connectivity index (χ2n) is 3.32. The average Bonchev–Trinajstić information content (AvgIpc) is 2.17. The Morgan fingerprint density at radius 3 is 2.32 bits per heavy atom. The lowest BCUT2D eigenvalue weighted by atomic mass is 10.1. The van der Waals surface area contributed by atoms with Crippen LogP contribution in [-0.4, -0.2) is 23.8 Å². The SMILES string of the molecule is CC(=O)Nc1c(C)cccc1[N+](=O)[O-].O=S(=O)(O)Cl. The Kier molecular flexibility index (Phi) is 6.39. The number of hydrogen-bond donors (Lipinski definition) is 2. The lowest BCUT2D eigenvalue weighted by Crippen LogP contribution is -2.09. The molecule has 0 aliphatic rings. The molecule has 10 heteroatoms. The first-order valence-electron chi connectivity index (χ1n) is 4.71. The number of nitro benzene ring substituents is 1. The summed E-state index contributed by atoms with van der Waals surface area (Å²) in [6.07, 6.45) is 0. The monoisotopic (exact) mass is 310 g/mol. The molecule has 0 aliphatic carbocycles. The first-order chi connectivity index (χ1) is 8.52. The van der Waals surface area contributed by atoms with Crippen molar-refractivity contribution >= 4 is 37.3 Å². The Bertz CT molecular complexity index is 578. The van der Waals surface area contributed by atoms with Crippen molar-refractivity contribution in [2.24, 2.45) is 0 Å². The first kappa shape index (κ1) is 17.3. The maximum atomic E-state index is 10.8. The fourth-order valence-electron chi connectivity index (χ4n) is 1.14. The van der Waals surface area contributed by atoms with E-state index in [2.05, 4.69) is 16.0 Å². The third-order valence-electron chi connectivity index (χ3n) is 1.75. The van der Waals surface area contributed by atoms with Gasteiger partial charge in [0, 0.05) is 23.7 Å². The minimum absolute atomic E-state index is 0.0831. The Labute approximate surface area is 113 Å². The predicted molar refractivity (Wildman–Crippen MR) is 69.5 cm³/mol. The van der Waals surface area contributed by atoms with Crippen LogP contribution in [0.25, 0.3) is 0 Å². The largest absolute Gasteiger partial charge is 0.353 e. The van der Waals surface area contributed by atoms with Gasteiger partial charge in [0.05, 0.1) is 4.92 Å². The van der Waals surface area contributed by atoms with Crippen LogP contribution < -0.4 is 5.32 Å². The molecule has 1 aromatic carbocycles. The molecule has 0 aliphatic heterocycles. The van der Waals surface area contributed by atoms with E-state index in [9.17, 15) is 14.9 Å². The van der Waals surface area contributed by atoms with Gasteiger partial charge in [-0.2, -0.15) is 8.42 Å². The number of benzene rings is 1. The Hall–Kier alpha value is -1.71. The van der Waals surface area contributed by atoms with Gasteiger partial charge in [-0.15, -0.1) is 0 Å². The van der Waals surface area contributed by atoms with Crippen LogP contribution in [0.4, 0.5) is 11.4 Å². The molecule has 0 spiro atoms. The van der Waals surface area contributed by atoms with Crippen molar-refractivity contribution < 1.29 is 22.7 Å². The molecular formula is C9H11ClN2O6S. The molecule has 0 unspecified atom stereocenters. The zero-order valence-corrected chi connectivity index (χ0v) is 11.5. The molecule has 0 bridgehead atoms. The number of para-hydroxylation sites is 1. The smallest absolute Gasteiger partial charge is 0.320 e. The van der Waals surface area contributed by atoms with Gasteiger partial charge < -0.3 is 5.32 Å². The highest BCUT2D eigenvalue weighted by molar-refractivity contribution is 8.09. The van der Waals surface area contributed by atoms with Crippen LogP contribution >= 0.6 is 10.7 Å². The number of hydrogen-bond acceptors (Lipinski definition) is 5.